The fourth-order valence-corrected chi connectivity index (χ4v) is 1.43. The first-order valence-corrected chi connectivity index (χ1v) is 5.27. The van der Waals surface area contributed by atoms with Gasteiger partial charge in [0.2, 0.25) is 0 Å². The van der Waals surface area contributed by atoms with Crippen LogP contribution >= 0.6 is 12.6 Å². The van der Waals surface area contributed by atoms with Crippen molar-refractivity contribution in [3.63, 3.8) is 0 Å². The average molecular weight is 205 g/mol. The summed E-state index contributed by atoms with van der Waals surface area (Å²) in [6.07, 6.45) is 5.32. The Kier molecular flexibility index (Phi) is 7.09. The number of nitrogens with two attached hydrogens (primary N) is 1. The summed E-state index contributed by atoms with van der Waals surface area (Å²) in [7, 11) is 0. The lowest BCUT2D eigenvalue weighted by molar-refractivity contribution is -0.138. The lowest BCUT2D eigenvalue weighted by Crippen LogP contribution is -2.38. The van der Waals surface area contributed by atoms with Crippen LogP contribution in [0.4, 0.5) is 0 Å². The number of carboxylic acid groups (broad SMARTS) is 1. The van der Waals surface area contributed by atoms with E-state index in [-0.39, 0.29) is 5.25 Å². The summed E-state index contributed by atoms with van der Waals surface area (Å²) >= 11 is 4.16. The Bertz CT molecular complexity index is 153. The molecule has 2 atom stereocenters. The molecule has 0 fully saturated rings. The largest absolute Gasteiger partial charge is 0.480 e. The quantitative estimate of drug-likeness (QED) is 0.437. The first kappa shape index (κ1) is 12.8. The number of rotatable bonds is 7. The number of carboxylic acids is 1. The lowest BCUT2D eigenvalue weighted by atomic mass is 10.1. The van der Waals surface area contributed by atoms with Gasteiger partial charge >= 0.3 is 5.97 Å². The maximum Gasteiger partial charge on any atom is 0.321 e. The molecule has 0 saturated heterocycles. The van der Waals surface area contributed by atoms with Crippen molar-refractivity contribution in [3.8, 4) is 0 Å². The third-order valence-electron chi connectivity index (χ3n) is 2.05. The summed E-state index contributed by atoms with van der Waals surface area (Å²) in [4.78, 5) is 10.5. The number of aliphatic carboxylic acids is 1. The zero-order chi connectivity index (χ0) is 10.3. The van der Waals surface area contributed by atoms with Crippen LogP contribution in [0.15, 0.2) is 0 Å². The highest BCUT2D eigenvalue weighted by Crippen LogP contribution is 2.12. The van der Waals surface area contributed by atoms with E-state index < -0.39 is 12.0 Å². The van der Waals surface area contributed by atoms with Crippen LogP contribution in [-0.4, -0.2) is 22.4 Å². The third kappa shape index (κ3) is 5.93. The Morgan fingerprint density at radius 3 is 2.54 bits per heavy atom. The van der Waals surface area contributed by atoms with Gasteiger partial charge in [0, 0.05) is 5.25 Å². The van der Waals surface area contributed by atoms with E-state index in [2.05, 4.69) is 19.6 Å². The summed E-state index contributed by atoms with van der Waals surface area (Å²) in [5.74, 6) is -0.963. The molecule has 0 bridgehead atoms. The molecule has 0 aromatic carbocycles. The molecule has 0 aliphatic rings. The van der Waals surface area contributed by atoms with Crippen LogP contribution < -0.4 is 5.73 Å². The lowest BCUT2D eigenvalue weighted by Gasteiger charge is -2.14. The van der Waals surface area contributed by atoms with Crippen LogP contribution in [0.2, 0.25) is 0 Å². The van der Waals surface area contributed by atoms with E-state index in [4.69, 9.17) is 10.8 Å². The summed E-state index contributed by atoms with van der Waals surface area (Å²) in [5.41, 5.74) is 5.40. The monoisotopic (exact) mass is 205 g/mol. The Balaban J connectivity index is 3.50. The minimum atomic E-state index is -0.963. The standard InChI is InChI=1S/C9H19NO2S/c1-2-3-4-5-6-7(13)8(10)9(11)12/h7-8,13H,2-6,10H2,1H3,(H,11,12)/t7?,8-/m0/s1. The molecule has 1 unspecified atom stereocenters. The van der Waals surface area contributed by atoms with Gasteiger partial charge in [0.05, 0.1) is 0 Å². The number of hydrogen-bond donors (Lipinski definition) is 3. The molecule has 0 saturated carbocycles. The van der Waals surface area contributed by atoms with Crippen molar-refractivity contribution in [3.05, 3.63) is 0 Å². The molecular weight excluding hydrogens is 186 g/mol. The summed E-state index contributed by atoms with van der Waals surface area (Å²) < 4.78 is 0. The fourth-order valence-electron chi connectivity index (χ4n) is 1.12. The SMILES string of the molecule is CCCCCCC(S)[C@H](N)C(=O)O. The predicted molar refractivity (Wildman–Crippen MR) is 57.1 cm³/mol. The number of thiol groups is 1. The van der Waals surface area contributed by atoms with Crippen molar-refractivity contribution in [2.75, 3.05) is 0 Å². The van der Waals surface area contributed by atoms with E-state index >= 15 is 0 Å². The molecule has 0 amide bonds. The van der Waals surface area contributed by atoms with Crippen molar-refractivity contribution in [2.45, 2.75) is 50.3 Å². The van der Waals surface area contributed by atoms with Crippen LogP contribution in [0, 0.1) is 0 Å². The highest BCUT2D eigenvalue weighted by molar-refractivity contribution is 7.81. The van der Waals surface area contributed by atoms with E-state index in [0.29, 0.717) is 0 Å². The third-order valence-corrected chi connectivity index (χ3v) is 2.63. The zero-order valence-electron chi connectivity index (χ0n) is 8.07. The van der Waals surface area contributed by atoms with Crippen LogP contribution in [0.5, 0.6) is 0 Å². The van der Waals surface area contributed by atoms with Crippen molar-refractivity contribution in [1.82, 2.24) is 0 Å². The molecule has 78 valence electrons. The molecule has 13 heavy (non-hydrogen) atoms. The van der Waals surface area contributed by atoms with Crippen molar-refractivity contribution in [1.29, 1.82) is 0 Å². The van der Waals surface area contributed by atoms with Gasteiger partial charge in [0.15, 0.2) is 0 Å². The first-order valence-electron chi connectivity index (χ1n) is 4.76. The molecule has 0 radical (unpaired) electrons. The molecule has 3 N–H and O–H groups in total. The van der Waals surface area contributed by atoms with Gasteiger partial charge in [0.1, 0.15) is 6.04 Å². The van der Waals surface area contributed by atoms with Crippen LogP contribution in [0.1, 0.15) is 39.0 Å². The Morgan fingerprint density at radius 2 is 2.08 bits per heavy atom. The second-order valence-electron chi connectivity index (χ2n) is 3.28. The second-order valence-corrected chi connectivity index (χ2v) is 3.94. The Morgan fingerprint density at radius 1 is 1.46 bits per heavy atom. The predicted octanol–water partition coefficient (Wildman–Crippen LogP) is 1.67. The van der Waals surface area contributed by atoms with E-state index in [1.54, 1.807) is 0 Å². The van der Waals surface area contributed by atoms with Gasteiger partial charge in [-0.25, -0.2) is 0 Å². The van der Waals surface area contributed by atoms with Gasteiger partial charge in [-0.05, 0) is 6.42 Å². The zero-order valence-corrected chi connectivity index (χ0v) is 8.96. The second kappa shape index (κ2) is 7.21. The van der Waals surface area contributed by atoms with E-state index in [1.165, 1.54) is 12.8 Å². The molecule has 4 heteroatoms. The average Bonchev–Trinajstić information content (AvgIpc) is 2.10. The molecule has 0 spiro atoms. The molecule has 0 aliphatic carbocycles. The normalized spacial score (nSPS) is 15.3. The van der Waals surface area contributed by atoms with Crippen molar-refractivity contribution in [2.24, 2.45) is 5.73 Å². The Labute approximate surface area is 85.1 Å². The maximum atomic E-state index is 10.5. The Hall–Kier alpha value is -0.220. The number of carbonyl (C=O) groups is 1. The van der Waals surface area contributed by atoms with Gasteiger partial charge < -0.3 is 10.8 Å². The van der Waals surface area contributed by atoms with Gasteiger partial charge in [0.25, 0.3) is 0 Å². The van der Waals surface area contributed by atoms with E-state index in [0.717, 1.165) is 19.3 Å². The van der Waals surface area contributed by atoms with Gasteiger partial charge in [-0.2, -0.15) is 12.6 Å². The van der Waals surface area contributed by atoms with Crippen LogP contribution in [0.25, 0.3) is 0 Å². The van der Waals surface area contributed by atoms with E-state index in [9.17, 15) is 4.79 Å². The summed E-state index contributed by atoms with van der Waals surface area (Å²) in [6, 6.07) is -0.829. The van der Waals surface area contributed by atoms with Gasteiger partial charge in [-0.3, -0.25) is 4.79 Å². The molecule has 0 aromatic heterocycles. The highest BCUT2D eigenvalue weighted by Gasteiger charge is 2.19. The van der Waals surface area contributed by atoms with Gasteiger partial charge in [-0.15, -0.1) is 0 Å². The number of unbranched alkanes of at least 4 members (excludes halogenated alkanes) is 3. The minimum Gasteiger partial charge on any atom is -0.480 e. The molecular formula is C9H19NO2S. The highest BCUT2D eigenvalue weighted by atomic mass is 32.1. The van der Waals surface area contributed by atoms with Crippen LogP contribution in [0.3, 0.4) is 0 Å². The first-order chi connectivity index (χ1) is 6.09. The summed E-state index contributed by atoms with van der Waals surface area (Å²) in [6.45, 7) is 2.14. The molecule has 3 nitrogen and oxygen atoms in total. The van der Waals surface area contributed by atoms with Crippen molar-refractivity contribution >= 4 is 18.6 Å². The fraction of sp³-hybridized carbons (Fsp3) is 0.889. The minimum absolute atomic E-state index is 0.214. The van der Waals surface area contributed by atoms with Gasteiger partial charge in [-0.1, -0.05) is 32.6 Å². The molecule has 0 aromatic rings. The topological polar surface area (TPSA) is 63.3 Å². The smallest absolute Gasteiger partial charge is 0.321 e. The summed E-state index contributed by atoms with van der Waals surface area (Å²) in [5, 5.41) is 8.37. The van der Waals surface area contributed by atoms with Crippen LogP contribution in [-0.2, 0) is 4.79 Å². The maximum absolute atomic E-state index is 10.5. The molecule has 0 heterocycles. The van der Waals surface area contributed by atoms with E-state index in [1.807, 2.05) is 0 Å². The molecule has 0 rings (SSSR count). The number of hydrogen-bond acceptors (Lipinski definition) is 3. The van der Waals surface area contributed by atoms with Crippen molar-refractivity contribution < 1.29 is 9.90 Å². The molecule has 0 aliphatic heterocycles.